The van der Waals surface area contributed by atoms with Crippen LogP contribution in [0.1, 0.15) is 49.2 Å². The van der Waals surface area contributed by atoms with Gasteiger partial charge in [-0.3, -0.25) is 4.21 Å². The minimum Gasteiger partial charge on any atom is -0.772 e. The van der Waals surface area contributed by atoms with Gasteiger partial charge in [-0.25, -0.2) is 9.97 Å². The van der Waals surface area contributed by atoms with Crippen LogP contribution in [0.3, 0.4) is 0 Å². The third-order valence-electron chi connectivity index (χ3n) is 5.72. The van der Waals surface area contributed by atoms with Crippen LogP contribution in [0.15, 0.2) is 12.1 Å². The molecule has 2 unspecified atom stereocenters. The van der Waals surface area contributed by atoms with Crippen molar-refractivity contribution < 1.29 is 18.2 Å². The molecule has 8 nitrogen and oxygen atoms in total. The van der Waals surface area contributed by atoms with Gasteiger partial charge in [-0.1, -0.05) is 6.08 Å². The number of H-pyrrole nitrogens is 1. The summed E-state index contributed by atoms with van der Waals surface area (Å²) in [4.78, 5) is 15.1. The van der Waals surface area contributed by atoms with Gasteiger partial charge in [0.25, 0.3) is 0 Å². The second-order valence-electron chi connectivity index (χ2n) is 8.22. The predicted octanol–water partition coefficient (Wildman–Crippen LogP) is 2.58. The molecule has 0 bridgehead atoms. The Morgan fingerprint density at radius 2 is 2.13 bits per heavy atom. The average Bonchev–Trinajstić information content (AvgIpc) is 3.05. The number of hydrogen-bond acceptors (Lipinski definition) is 7. The maximum atomic E-state index is 12.1. The minimum absolute atomic E-state index is 0.0491. The number of morpholine rings is 1. The van der Waals surface area contributed by atoms with Gasteiger partial charge < -0.3 is 23.9 Å². The van der Waals surface area contributed by atoms with Crippen molar-refractivity contribution in [3.63, 3.8) is 0 Å². The number of allylic oxidation sites excluding steroid dienone is 1. The zero-order valence-corrected chi connectivity index (χ0v) is 18.8. The third-order valence-corrected chi connectivity index (χ3v) is 6.75. The van der Waals surface area contributed by atoms with Crippen LogP contribution in [0.2, 0.25) is 0 Å². The number of aromatic amines is 1. The number of aromatic nitrogens is 3. The Kier molecular flexibility index (Phi) is 5.46. The molecule has 2 aliphatic rings. The van der Waals surface area contributed by atoms with Crippen molar-refractivity contribution in [1.82, 2.24) is 15.0 Å². The monoisotopic (exact) mass is 431 g/mol. The Morgan fingerprint density at radius 3 is 2.77 bits per heavy atom. The van der Waals surface area contributed by atoms with E-state index in [0.717, 1.165) is 22.5 Å². The van der Waals surface area contributed by atoms with Crippen molar-refractivity contribution in [1.29, 1.82) is 0 Å². The van der Waals surface area contributed by atoms with E-state index < -0.39 is 15.8 Å². The van der Waals surface area contributed by atoms with Gasteiger partial charge in [0.05, 0.1) is 24.0 Å². The maximum Gasteiger partial charge on any atom is 0.184 e. The summed E-state index contributed by atoms with van der Waals surface area (Å²) in [6.45, 7) is 11.4. The number of fused-ring (bicyclic) bond motifs is 3. The quantitative estimate of drug-likeness (QED) is 0.742. The molecule has 1 N–H and O–H groups in total. The van der Waals surface area contributed by atoms with Crippen molar-refractivity contribution >= 4 is 22.5 Å². The first-order valence-corrected chi connectivity index (χ1v) is 11.1. The van der Waals surface area contributed by atoms with Crippen LogP contribution in [-0.4, -0.2) is 56.1 Å². The van der Waals surface area contributed by atoms with Crippen LogP contribution in [0.25, 0.3) is 5.57 Å². The molecule has 4 rings (SSSR count). The van der Waals surface area contributed by atoms with Gasteiger partial charge >= 0.3 is 0 Å². The van der Waals surface area contributed by atoms with Crippen LogP contribution in [0, 0.1) is 13.8 Å². The molecule has 4 heterocycles. The Labute approximate surface area is 179 Å². The zero-order valence-electron chi connectivity index (χ0n) is 17.9. The van der Waals surface area contributed by atoms with Gasteiger partial charge in [-0.2, -0.15) is 0 Å². The summed E-state index contributed by atoms with van der Waals surface area (Å²) in [6, 6.07) is 2.10. The lowest BCUT2D eigenvalue weighted by atomic mass is 10.0. The highest BCUT2D eigenvalue weighted by atomic mass is 32.2. The first-order chi connectivity index (χ1) is 14.2. The Hall–Kier alpha value is -2.23. The number of ether oxygens (including phenoxy) is 2. The molecule has 30 heavy (non-hydrogen) atoms. The van der Waals surface area contributed by atoms with Gasteiger partial charge in [0, 0.05) is 29.1 Å². The Morgan fingerprint density at radius 1 is 1.37 bits per heavy atom. The number of nitrogens with one attached hydrogen (secondary N) is 1. The largest absolute Gasteiger partial charge is 0.772 e. The summed E-state index contributed by atoms with van der Waals surface area (Å²) in [5.74, 6) is 1.57. The highest BCUT2D eigenvalue weighted by Crippen LogP contribution is 2.42. The molecule has 162 valence electrons. The van der Waals surface area contributed by atoms with Crippen LogP contribution in [-0.2, 0) is 20.6 Å². The van der Waals surface area contributed by atoms with Gasteiger partial charge in [-0.05, 0) is 51.8 Å². The molecule has 1 saturated heterocycles. The summed E-state index contributed by atoms with van der Waals surface area (Å²) in [5.41, 5.74) is 4.28. The molecule has 2 aromatic rings. The SMILES string of the molecule is C/C=C(/c1nc2c(c(C(C)(C)S(=O)[O-])n1)OCC1COCCN21)c1cc(C)[nH]c1C. The van der Waals surface area contributed by atoms with E-state index >= 15 is 0 Å². The second-order valence-corrected chi connectivity index (χ2v) is 9.71. The first kappa shape index (κ1) is 21.0. The minimum atomic E-state index is -2.39. The van der Waals surface area contributed by atoms with E-state index in [-0.39, 0.29) is 6.04 Å². The molecule has 0 radical (unpaired) electrons. The summed E-state index contributed by atoms with van der Waals surface area (Å²) in [5, 5.41) is 0. The molecule has 1 fully saturated rings. The fourth-order valence-corrected chi connectivity index (χ4v) is 4.33. The molecule has 0 amide bonds. The molecule has 9 heteroatoms. The summed E-state index contributed by atoms with van der Waals surface area (Å²) < 4.78 is 34.6. The van der Waals surface area contributed by atoms with Crippen LogP contribution in [0.4, 0.5) is 5.82 Å². The molecule has 0 aliphatic carbocycles. The molecule has 2 atom stereocenters. The number of aryl methyl sites for hydroxylation is 2. The van der Waals surface area contributed by atoms with Crippen LogP contribution < -0.4 is 9.64 Å². The third kappa shape index (κ3) is 3.44. The van der Waals surface area contributed by atoms with Crippen molar-refractivity contribution in [2.24, 2.45) is 0 Å². The Bertz CT molecular complexity index is 1030. The molecule has 0 spiro atoms. The van der Waals surface area contributed by atoms with Gasteiger partial charge in [0.1, 0.15) is 12.3 Å². The van der Waals surface area contributed by atoms with E-state index in [4.69, 9.17) is 19.4 Å². The van der Waals surface area contributed by atoms with Crippen molar-refractivity contribution in [3.05, 3.63) is 40.6 Å². The number of nitrogens with zero attached hydrogens (tertiary/aromatic N) is 3. The number of hydrogen-bond donors (Lipinski definition) is 1. The van der Waals surface area contributed by atoms with E-state index in [0.29, 0.717) is 49.5 Å². The predicted molar refractivity (Wildman–Crippen MR) is 114 cm³/mol. The highest BCUT2D eigenvalue weighted by molar-refractivity contribution is 7.80. The van der Waals surface area contributed by atoms with Gasteiger partial charge in [0.15, 0.2) is 17.4 Å². The summed E-state index contributed by atoms with van der Waals surface area (Å²) in [7, 11) is 0. The zero-order chi connectivity index (χ0) is 21.6. The fourth-order valence-electron chi connectivity index (χ4n) is 4.03. The molecule has 2 aromatic heterocycles. The smallest absolute Gasteiger partial charge is 0.184 e. The van der Waals surface area contributed by atoms with Gasteiger partial charge in [-0.15, -0.1) is 0 Å². The molecular formula is C21H27N4O4S-. The first-order valence-electron chi connectivity index (χ1n) is 10.1. The lowest BCUT2D eigenvalue weighted by molar-refractivity contribution is 0.0690. The topological polar surface area (TPSA) is 103 Å². The van der Waals surface area contributed by atoms with Crippen LogP contribution >= 0.6 is 0 Å². The van der Waals surface area contributed by atoms with Crippen molar-refractivity contribution in [3.8, 4) is 5.75 Å². The highest BCUT2D eigenvalue weighted by Gasteiger charge is 2.39. The van der Waals surface area contributed by atoms with Gasteiger partial charge in [0.2, 0.25) is 0 Å². The maximum absolute atomic E-state index is 12.1. The fraction of sp³-hybridized carbons (Fsp3) is 0.524. The molecular weight excluding hydrogens is 404 g/mol. The average molecular weight is 432 g/mol. The van der Waals surface area contributed by atoms with E-state index in [1.54, 1.807) is 13.8 Å². The summed E-state index contributed by atoms with van der Waals surface area (Å²) in [6.07, 6.45) is 1.96. The molecule has 0 aromatic carbocycles. The molecule has 2 aliphatic heterocycles. The lowest BCUT2D eigenvalue weighted by Crippen LogP contribution is -2.52. The van der Waals surface area contributed by atoms with Crippen molar-refractivity contribution in [2.75, 3.05) is 31.3 Å². The number of rotatable bonds is 4. The normalized spacial score (nSPS) is 20.4. The van der Waals surface area contributed by atoms with E-state index in [1.165, 1.54) is 0 Å². The second kappa shape index (κ2) is 7.79. The summed E-state index contributed by atoms with van der Waals surface area (Å²) >= 11 is -2.39. The molecule has 0 saturated carbocycles. The Balaban J connectivity index is 1.94. The van der Waals surface area contributed by atoms with E-state index in [9.17, 15) is 8.76 Å². The number of anilines is 1. The van der Waals surface area contributed by atoms with Crippen molar-refractivity contribution in [2.45, 2.75) is 45.4 Å². The lowest BCUT2D eigenvalue weighted by Gasteiger charge is -2.42. The van der Waals surface area contributed by atoms with Crippen LogP contribution in [0.5, 0.6) is 5.75 Å². The standard InChI is InChI=1S/C21H28N4O4S/c1-6-15(16-9-12(2)22-13(16)3)19-23-18(21(4,5)30(26)27)17-20(24-19)25-7-8-28-10-14(25)11-29-17/h6,9,14,22H,7-8,10-11H2,1-5H3,(H,26,27)/p-1/b15-6+. The van der Waals surface area contributed by atoms with E-state index in [2.05, 4.69) is 16.0 Å². The van der Waals surface area contributed by atoms with E-state index in [1.807, 2.05) is 26.8 Å².